The lowest BCUT2D eigenvalue weighted by atomic mass is 10.1. The summed E-state index contributed by atoms with van der Waals surface area (Å²) in [5, 5.41) is 49.0. The first-order valence-corrected chi connectivity index (χ1v) is 9.50. The van der Waals surface area contributed by atoms with Gasteiger partial charge in [-0.25, -0.2) is 4.98 Å². The van der Waals surface area contributed by atoms with Crippen LogP contribution in [0.1, 0.15) is 6.23 Å². The summed E-state index contributed by atoms with van der Waals surface area (Å²) in [6.07, 6.45) is -5.30. The van der Waals surface area contributed by atoms with Gasteiger partial charge in [0.2, 0.25) is 11.8 Å². The normalized spacial score (nSPS) is 23.7. The van der Waals surface area contributed by atoms with E-state index in [1.807, 2.05) is 0 Å². The monoisotopic (exact) mass is 442 g/mol. The number of aromatic amines is 2. The number of hydrogen-bond donors (Lipinski definition) is 7. The van der Waals surface area contributed by atoms with E-state index in [4.69, 9.17) is 10.5 Å². The third kappa shape index (κ3) is 3.01. The molecule has 32 heavy (non-hydrogen) atoms. The molecule has 14 nitrogen and oxygen atoms in total. The van der Waals surface area contributed by atoms with Gasteiger partial charge in [-0.15, -0.1) is 10.2 Å². The van der Waals surface area contributed by atoms with Crippen LogP contribution < -0.4 is 11.3 Å². The summed E-state index contributed by atoms with van der Waals surface area (Å²) in [6.45, 7) is -0.558. The highest BCUT2D eigenvalue weighted by Gasteiger charge is 2.45. The fourth-order valence-corrected chi connectivity index (χ4v) is 3.70. The Morgan fingerprint density at radius 2 is 1.94 bits per heavy atom. The molecule has 1 fully saturated rings. The van der Waals surface area contributed by atoms with E-state index in [0.29, 0.717) is 10.9 Å². The predicted octanol–water partition coefficient (Wildman–Crippen LogP) is -0.0844. The standard InChI is InChI=1S/C18H18N8O6/c19-17-22-13-10(15(31)23-17)21-18(26(13)16-12(29)11(28)8(5-27)32-16)25-24-9-6-3-1-2-4-7(6)20-14(9)30/h1-4,8,11-12,16,20,27-30H,5H2,(H3,19,22,23,31)/t8-,11-,12+,16-/m1/s1. The minimum absolute atomic E-state index is 0.0711. The molecular weight excluding hydrogens is 424 g/mol. The number of anilines is 1. The first kappa shape index (κ1) is 20.1. The topological polar surface area (TPSA) is 220 Å². The Labute approximate surface area is 177 Å². The molecular formula is C18H18N8O6. The number of fused-ring (bicyclic) bond motifs is 2. The lowest BCUT2D eigenvalue weighted by molar-refractivity contribution is -0.0503. The number of para-hydroxylation sites is 1. The molecule has 1 aromatic carbocycles. The van der Waals surface area contributed by atoms with Gasteiger partial charge in [0.1, 0.15) is 18.3 Å². The van der Waals surface area contributed by atoms with E-state index in [0.717, 1.165) is 4.57 Å². The van der Waals surface area contributed by atoms with E-state index in [1.165, 1.54) is 0 Å². The van der Waals surface area contributed by atoms with Gasteiger partial charge >= 0.3 is 0 Å². The van der Waals surface area contributed by atoms with Gasteiger partial charge in [0.25, 0.3) is 11.5 Å². The van der Waals surface area contributed by atoms with Crippen molar-refractivity contribution < 1.29 is 25.2 Å². The molecule has 0 spiro atoms. The number of rotatable bonds is 4. The van der Waals surface area contributed by atoms with Gasteiger partial charge in [0.15, 0.2) is 23.1 Å². The molecule has 1 aliphatic rings. The molecule has 5 rings (SSSR count). The highest BCUT2D eigenvalue weighted by molar-refractivity contribution is 5.94. The first-order chi connectivity index (χ1) is 15.4. The number of nitrogens with zero attached hydrogens (tertiary/aromatic N) is 5. The van der Waals surface area contributed by atoms with Crippen LogP contribution in [0.4, 0.5) is 17.6 Å². The van der Waals surface area contributed by atoms with E-state index in [-0.39, 0.29) is 34.6 Å². The Bertz CT molecular complexity index is 1410. The molecule has 3 aromatic heterocycles. The second-order valence-corrected chi connectivity index (χ2v) is 7.20. The molecule has 1 aliphatic heterocycles. The van der Waals surface area contributed by atoms with Crippen LogP contribution >= 0.6 is 0 Å². The van der Waals surface area contributed by atoms with Crippen molar-refractivity contribution in [3.05, 3.63) is 34.6 Å². The number of nitrogens with two attached hydrogens (primary N) is 1. The molecule has 14 heteroatoms. The molecule has 0 aliphatic carbocycles. The Morgan fingerprint density at radius 1 is 1.16 bits per heavy atom. The number of hydrogen-bond acceptors (Lipinski definition) is 11. The molecule has 0 saturated carbocycles. The van der Waals surface area contributed by atoms with Gasteiger partial charge in [-0.3, -0.25) is 14.3 Å². The van der Waals surface area contributed by atoms with Crippen molar-refractivity contribution >= 4 is 39.7 Å². The lowest BCUT2D eigenvalue weighted by Gasteiger charge is -2.17. The minimum atomic E-state index is -1.50. The smallest absolute Gasteiger partial charge is 0.280 e. The molecule has 4 aromatic rings. The van der Waals surface area contributed by atoms with Crippen LogP contribution in [0.25, 0.3) is 22.1 Å². The zero-order valence-electron chi connectivity index (χ0n) is 16.2. The quantitative estimate of drug-likeness (QED) is 0.210. The van der Waals surface area contributed by atoms with Crippen molar-refractivity contribution in [3.8, 4) is 5.88 Å². The molecule has 1 saturated heterocycles. The molecule has 4 atom stereocenters. The maximum atomic E-state index is 12.3. The summed E-state index contributed by atoms with van der Waals surface area (Å²) in [4.78, 5) is 25.6. The Balaban J connectivity index is 1.68. The van der Waals surface area contributed by atoms with Gasteiger partial charge < -0.3 is 35.9 Å². The van der Waals surface area contributed by atoms with Gasteiger partial charge in [-0.2, -0.15) is 4.98 Å². The molecule has 0 radical (unpaired) electrons. The van der Waals surface area contributed by atoms with Crippen LogP contribution in [-0.2, 0) is 4.74 Å². The predicted molar refractivity (Wildman–Crippen MR) is 110 cm³/mol. The Kier molecular flexibility index (Phi) is 4.63. The highest BCUT2D eigenvalue weighted by atomic mass is 16.6. The van der Waals surface area contributed by atoms with Crippen LogP contribution in [-0.4, -0.2) is 69.8 Å². The fourth-order valence-electron chi connectivity index (χ4n) is 3.70. The summed E-state index contributed by atoms with van der Waals surface area (Å²) in [7, 11) is 0. The second-order valence-electron chi connectivity index (χ2n) is 7.20. The van der Waals surface area contributed by atoms with E-state index >= 15 is 0 Å². The number of benzene rings is 1. The van der Waals surface area contributed by atoms with Gasteiger partial charge in [0.05, 0.1) is 12.1 Å². The average Bonchev–Trinajstić information content (AvgIpc) is 3.38. The van der Waals surface area contributed by atoms with Crippen LogP contribution in [0.2, 0.25) is 0 Å². The van der Waals surface area contributed by atoms with Crippen molar-refractivity contribution in [1.29, 1.82) is 0 Å². The van der Waals surface area contributed by atoms with Gasteiger partial charge in [0, 0.05) is 5.39 Å². The summed E-state index contributed by atoms with van der Waals surface area (Å²) in [5.74, 6) is -0.651. The first-order valence-electron chi connectivity index (χ1n) is 9.50. The number of aromatic nitrogens is 5. The van der Waals surface area contributed by atoms with Crippen LogP contribution in [0, 0.1) is 0 Å². The number of ether oxygens (including phenoxy) is 1. The summed E-state index contributed by atoms with van der Waals surface area (Å²) < 4.78 is 6.71. The number of aliphatic hydroxyl groups excluding tert-OH is 3. The van der Waals surface area contributed by atoms with Crippen LogP contribution in [0.5, 0.6) is 5.88 Å². The maximum Gasteiger partial charge on any atom is 0.280 e. The number of azo groups is 1. The highest BCUT2D eigenvalue weighted by Crippen LogP contribution is 2.38. The minimum Gasteiger partial charge on any atom is -0.493 e. The van der Waals surface area contributed by atoms with Crippen molar-refractivity contribution in [3.63, 3.8) is 0 Å². The van der Waals surface area contributed by atoms with Gasteiger partial charge in [-0.05, 0) is 6.07 Å². The molecule has 0 bridgehead atoms. The lowest BCUT2D eigenvalue weighted by Crippen LogP contribution is -2.33. The molecule has 4 heterocycles. The van der Waals surface area contributed by atoms with Crippen LogP contribution in [0.3, 0.4) is 0 Å². The van der Waals surface area contributed by atoms with Crippen LogP contribution in [0.15, 0.2) is 39.3 Å². The molecule has 0 amide bonds. The molecule has 8 N–H and O–H groups in total. The number of aliphatic hydroxyl groups is 3. The van der Waals surface area contributed by atoms with E-state index < -0.39 is 36.7 Å². The average molecular weight is 442 g/mol. The largest absolute Gasteiger partial charge is 0.493 e. The van der Waals surface area contributed by atoms with Crippen molar-refractivity contribution in [1.82, 2.24) is 24.5 Å². The van der Waals surface area contributed by atoms with Crippen molar-refractivity contribution in [2.75, 3.05) is 12.3 Å². The van der Waals surface area contributed by atoms with E-state index in [2.05, 4.69) is 30.2 Å². The summed E-state index contributed by atoms with van der Waals surface area (Å²) in [6, 6.07) is 7.01. The van der Waals surface area contributed by atoms with Crippen molar-refractivity contribution in [2.45, 2.75) is 24.5 Å². The third-order valence-corrected chi connectivity index (χ3v) is 5.22. The number of aromatic hydroxyl groups is 1. The van der Waals surface area contributed by atoms with E-state index in [9.17, 15) is 25.2 Å². The van der Waals surface area contributed by atoms with E-state index in [1.54, 1.807) is 24.3 Å². The number of imidazole rings is 1. The second kappa shape index (κ2) is 7.38. The van der Waals surface area contributed by atoms with Crippen molar-refractivity contribution in [2.24, 2.45) is 10.2 Å². The Morgan fingerprint density at radius 3 is 2.69 bits per heavy atom. The fraction of sp³-hybridized carbons (Fsp3) is 0.278. The number of nitrogen functional groups attached to an aromatic ring is 1. The summed E-state index contributed by atoms with van der Waals surface area (Å²) in [5.41, 5.74) is 5.52. The molecule has 166 valence electrons. The third-order valence-electron chi connectivity index (χ3n) is 5.22. The zero-order valence-corrected chi connectivity index (χ0v) is 16.2. The molecule has 0 unspecified atom stereocenters. The number of nitrogens with one attached hydrogen (secondary N) is 2. The number of H-pyrrole nitrogens is 2. The maximum absolute atomic E-state index is 12.3. The zero-order chi connectivity index (χ0) is 22.6. The summed E-state index contributed by atoms with van der Waals surface area (Å²) >= 11 is 0. The Hall–Kier alpha value is -3.85. The van der Waals surface area contributed by atoms with Gasteiger partial charge in [-0.1, -0.05) is 18.2 Å². The SMILES string of the molecule is Nc1nc2c(nc(N=Nc3c(O)[nH]c4ccccc34)n2[C@@H]2O[C@H](CO)[C@@H](O)[C@@H]2O)c(=O)[nH]1.